The molecule has 1 saturated heterocycles. The van der Waals surface area contributed by atoms with Gasteiger partial charge in [0.2, 0.25) is 0 Å². The lowest BCUT2D eigenvalue weighted by atomic mass is 9.85. The number of nitrogens with zero attached hydrogens (tertiary/aromatic N) is 3. The first-order valence-corrected chi connectivity index (χ1v) is 9.23. The normalized spacial score (nSPS) is 16.8. The quantitative estimate of drug-likeness (QED) is 0.760. The van der Waals surface area contributed by atoms with Crippen molar-refractivity contribution in [3.63, 3.8) is 0 Å². The first-order valence-electron chi connectivity index (χ1n) is 9.23. The van der Waals surface area contributed by atoms with Crippen LogP contribution in [0.2, 0.25) is 0 Å². The number of aliphatic hydroxyl groups is 1. The Kier molecular flexibility index (Phi) is 4.16. The minimum atomic E-state index is -0.789. The molecule has 0 saturated carbocycles. The van der Waals surface area contributed by atoms with Gasteiger partial charge in [-0.05, 0) is 62.4 Å². The van der Waals surface area contributed by atoms with Crippen LogP contribution in [0, 0.1) is 20.8 Å². The number of fused-ring (bicyclic) bond motifs is 1. The maximum absolute atomic E-state index is 11.0. The summed E-state index contributed by atoms with van der Waals surface area (Å²) < 4.78 is 0. The van der Waals surface area contributed by atoms with E-state index in [1.807, 2.05) is 12.1 Å². The van der Waals surface area contributed by atoms with Crippen molar-refractivity contribution in [2.24, 2.45) is 0 Å². The highest BCUT2D eigenvalue weighted by atomic mass is 16.3. The van der Waals surface area contributed by atoms with E-state index >= 15 is 0 Å². The molecule has 0 spiro atoms. The van der Waals surface area contributed by atoms with Crippen molar-refractivity contribution in [2.75, 3.05) is 18.0 Å². The number of rotatable bonds is 2. The van der Waals surface area contributed by atoms with E-state index in [-0.39, 0.29) is 0 Å². The summed E-state index contributed by atoms with van der Waals surface area (Å²) in [6.07, 6.45) is 4.89. The Balaban J connectivity index is 1.63. The van der Waals surface area contributed by atoms with E-state index < -0.39 is 5.60 Å². The predicted molar refractivity (Wildman–Crippen MR) is 106 cm³/mol. The summed E-state index contributed by atoms with van der Waals surface area (Å²) in [4.78, 5) is 11.4. The van der Waals surface area contributed by atoms with Gasteiger partial charge in [0.05, 0.1) is 11.1 Å². The van der Waals surface area contributed by atoms with Gasteiger partial charge in [-0.1, -0.05) is 18.2 Å². The molecule has 1 aromatic carbocycles. The third-order valence-corrected chi connectivity index (χ3v) is 5.81. The van der Waals surface area contributed by atoms with Crippen molar-refractivity contribution >= 4 is 16.7 Å². The predicted octanol–water partition coefficient (Wildman–Crippen LogP) is 4.04. The van der Waals surface area contributed by atoms with E-state index in [1.165, 1.54) is 22.1 Å². The number of pyridine rings is 2. The van der Waals surface area contributed by atoms with Gasteiger partial charge in [0.15, 0.2) is 0 Å². The molecule has 1 aliphatic heterocycles. The van der Waals surface area contributed by atoms with E-state index in [0.717, 1.165) is 30.0 Å². The highest BCUT2D eigenvalue weighted by Gasteiger charge is 2.34. The number of hydrogen-bond acceptors (Lipinski definition) is 4. The highest BCUT2D eigenvalue weighted by Crippen LogP contribution is 2.35. The molecular weight excluding hydrogens is 322 g/mol. The molecule has 0 aliphatic carbocycles. The highest BCUT2D eigenvalue weighted by molar-refractivity contribution is 5.87. The Bertz CT molecular complexity index is 945. The van der Waals surface area contributed by atoms with Crippen molar-refractivity contribution in [1.29, 1.82) is 0 Å². The van der Waals surface area contributed by atoms with Gasteiger partial charge in [0.25, 0.3) is 0 Å². The Morgan fingerprint density at radius 1 is 1.04 bits per heavy atom. The molecular formula is C22H25N3O. The number of hydrogen-bond donors (Lipinski definition) is 1. The molecule has 4 rings (SSSR count). The SMILES string of the molecule is Cc1ccc2c(C)cc(N3CCC(O)(c4cccnc4)CC3)nc2c1C. The number of anilines is 1. The van der Waals surface area contributed by atoms with Crippen LogP contribution in [0.4, 0.5) is 5.82 Å². The van der Waals surface area contributed by atoms with Crippen LogP contribution >= 0.6 is 0 Å². The minimum Gasteiger partial charge on any atom is -0.385 e. The van der Waals surface area contributed by atoms with Crippen molar-refractivity contribution < 1.29 is 5.11 Å². The van der Waals surface area contributed by atoms with Gasteiger partial charge in [0, 0.05) is 36.4 Å². The number of piperidine rings is 1. The van der Waals surface area contributed by atoms with Crippen LogP contribution in [-0.4, -0.2) is 28.2 Å². The number of benzene rings is 1. The zero-order valence-corrected chi connectivity index (χ0v) is 15.7. The average Bonchev–Trinajstić information content (AvgIpc) is 2.66. The maximum Gasteiger partial charge on any atom is 0.129 e. The van der Waals surface area contributed by atoms with Gasteiger partial charge in [0.1, 0.15) is 5.82 Å². The van der Waals surface area contributed by atoms with Crippen LogP contribution in [-0.2, 0) is 5.60 Å². The van der Waals surface area contributed by atoms with Gasteiger partial charge in [-0.25, -0.2) is 4.98 Å². The van der Waals surface area contributed by atoms with E-state index in [4.69, 9.17) is 4.98 Å². The van der Waals surface area contributed by atoms with E-state index in [9.17, 15) is 5.11 Å². The Morgan fingerprint density at radius 2 is 1.81 bits per heavy atom. The molecule has 2 aromatic heterocycles. The Labute approximate surface area is 154 Å². The Hall–Kier alpha value is -2.46. The number of aromatic nitrogens is 2. The minimum absolute atomic E-state index is 0.685. The summed E-state index contributed by atoms with van der Waals surface area (Å²) in [5.41, 5.74) is 4.98. The van der Waals surface area contributed by atoms with Crippen LogP contribution in [0.1, 0.15) is 35.1 Å². The summed E-state index contributed by atoms with van der Waals surface area (Å²) in [6.45, 7) is 8.00. The summed E-state index contributed by atoms with van der Waals surface area (Å²) in [5, 5.41) is 12.2. The molecule has 1 aliphatic rings. The zero-order chi connectivity index (χ0) is 18.3. The second-order valence-corrected chi connectivity index (χ2v) is 7.46. The third-order valence-electron chi connectivity index (χ3n) is 5.81. The fraction of sp³-hybridized carbons (Fsp3) is 0.364. The van der Waals surface area contributed by atoms with Crippen molar-refractivity contribution in [2.45, 2.75) is 39.2 Å². The first-order chi connectivity index (χ1) is 12.5. The van der Waals surface area contributed by atoms with Crippen LogP contribution in [0.25, 0.3) is 10.9 Å². The zero-order valence-electron chi connectivity index (χ0n) is 15.7. The Morgan fingerprint density at radius 3 is 2.50 bits per heavy atom. The summed E-state index contributed by atoms with van der Waals surface area (Å²) in [6, 6.07) is 10.4. The molecule has 1 N–H and O–H groups in total. The molecule has 3 aromatic rings. The molecule has 4 heteroatoms. The van der Waals surface area contributed by atoms with E-state index in [1.54, 1.807) is 12.4 Å². The van der Waals surface area contributed by atoms with E-state index in [2.05, 4.69) is 48.9 Å². The monoisotopic (exact) mass is 347 g/mol. The van der Waals surface area contributed by atoms with Crippen LogP contribution in [0.5, 0.6) is 0 Å². The van der Waals surface area contributed by atoms with Crippen molar-refractivity contribution in [3.8, 4) is 0 Å². The van der Waals surface area contributed by atoms with Gasteiger partial charge >= 0.3 is 0 Å². The molecule has 0 amide bonds. The fourth-order valence-electron chi connectivity index (χ4n) is 3.88. The summed E-state index contributed by atoms with van der Waals surface area (Å²) in [5.74, 6) is 1.01. The maximum atomic E-state index is 11.0. The van der Waals surface area contributed by atoms with Crippen molar-refractivity contribution in [1.82, 2.24) is 9.97 Å². The molecule has 0 atom stereocenters. The second kappa shape index (κ2) is 6.36. The molecule has 0 bridgehead atoms. The number of aryl methyl sites for hydroxylation is 3. The van der Waals surface area contributed by atoms with Gasteiger partial charge in [-0.15, -0.1) is 0 Å². The molecule has 4 nitrogen and oxygen atoms in total. The standard InChI is InChI=1S/C22H25N3O/c1-15-6-7-19-16(2)13-20(24-21(19)17(15)3)25-11-8-22(26,9-12-25)18-5-4-10-23-14-18/h4-7,10,13-14,26H,8-9,11-12H2,1-3H3. The van der Waals surface area contributed by atoms with Gasteiger partial charge in [-0.2, -0.15) is 0 Å². The van der Waals surface area contributed by atoms with Crippen LogP contribution < -0.4 is 4.90 Å². The fourth-order valence-corrected chi connectivity index (χ4v) is 3.88. The van der Waals surface area contributed by atoms with Gasteiger partial charge < -0.3 is 10.0 Å². The van der Waals surface area contributed by atoms with E-state index in [0.29, 0.717) is 12.8 Å². The largest absolute Gasteiger partial charge is 0.385 e. The summed E-state index contributed by atoms with van der Waals surface area (Å²) in [7, 11) is 0. The molecule has 0 unspecified atom stereocenters. The lowest BCUT2D eigenvalue weighted by Crippen LogP contribution is -2.43. The smallest absolute Gasteiger partial charge is 0.129 e. The van der Waals surface area contributed by atoms with Crippen molar-refractivity contribution in [3.05, 3.63) is 65.0 Å². The third kappa shape index (κ3) is 2.84. The van der Waals surface area contributed by atoms with Gasteiger partial charge in [-0.3, -0.25) is 4.98 Å². The molecule has 1 fully saturated rings. The molecule has 0 radical (unpaired) electrons. The van der Waals surface area contributed by atoms with Crippen LogP contribution in [0.3, 0.4) is 0 Å². The van der Waals surface area contributed by atoms with Crippen LogP contribution in [0.15, 0.2) is 42.7 Å². The molecule has 26 heavy (non-hydrogen) atoms. The lowest BCUT2D eigenvalue weighted by Gasteiger charge is -2.39. The first kappa shape index (κ1) is 17.0. The second-order valence-electron chi connectivity index (χ2n) is 7.46. The summed E-state index contributed by atoms with van der Waals surface area (Å²) >= 11 is 0. The molecule has 3 heterocycles. The lowest BCUT2D eigenvalue weighted by molar-refractivity contribution is 0.0113. The average molecular weight is 347 g/mol. The topological polar surface area (TPSA) is 49.2 Å². The molecule has 134 valence electrons.